The molecule has 2 nitrogen and oxygen atoms in total. The van der Waals surface area contributed by atoms with E-state index in [1.54, 1.807) is 0 Å². The first kappa shape index (κ1) is 17.7. The molecule has 1 aliphatic heterocycles. The van der Waals surface area contributed by atoms with Crippen LogP contribution in [0.5, 0.6) is 0 Å². The van der Waals surface area contributed by atoms with Crippen molar-refractivity contribution in [2.75, 3.05) is 0 Å². The zero-order valence-corrected chi connectivity index (χ0v) is 14.8. The van der Waals surface area contributed by atoms with Crippen molar-refractivity contribution in [2.24, 2.45) is 4.99 Å². The summed E-state index contributed by atoms with van der Waals surface area (Å²) in [6.07, 6.45) is 8.32. The number of ether oxygens (including phenoxy) is 1. The average molecular weight is 361 g/mol. The van der Waals surface area contributed by atoms with Crippen LogP contribution < -0.4 is 0 Å². The third-order valence-electron chi connectivity index (χ3n) is 3.53. The molecule has 0 saturated heterocycles. The topological polar surface area (TPSA) is 21.6 Å². The Morgan fingerprint density at radius 2 is 1.91 bits per heavy atom. The Hall–Kier alpha value is -0.700. The highest BCUT2D eigenvalue weighted by Crippen LogP contribution is 2.34. The highest BCUT2D eigenvalue weighted by molar-refractivity contribution is 6.76. The van der Waals surface area contributed by atoms with Crippen molar-refractivity contribution in [1.82, 2.24) is 0 Å². The largest absolute Gasteiger partial charge is 0.472 e. The smallest absolute Gasteiger partial charge is 0.266 e. The van der Waals surface area contributed by atoms with Gasteiger partial charge in [0, 0.05) is 0 Å². The highest BCUT2D eigenvalue weighted by Gasteiger charge is 2.39. The van der Waals surface area contributed by atoms with Crippen molar-refractivity contribution in [3.63, 3.8) is 0 Å². The molecule has 0 bridgehead atoms. The molecule has 22 heavy (non-hydrogen) atoms. The molecule has 1 aromatic carbocycles. The van der Waals surface area contributed by atoms with Gasteiger partial charge in [0.15, 0.2) is 0 Å². The van der Waals surface area contributed by atoms with Crippen LogP contribution in [-0.2, 0) is 4.74 Å². The summed E-state index contributed by atoms with van der Waals surface area (Å²) in [5, 5.41) is 0. The van der Waals surface area contributed by atoms with Crippen LogP contribution in [0.25, 0.3) is 6.08 Å². The number of hydrogen-bond donors (Lipinski definition) is 0. The van der Waals surface area contributed by atoms with Crippen LogP contribution in [0.15, 0.2) is 41.4 Å². The molecule has 120 valence electrons. The summed E-state index contributed by atoms with van der Waals surface area (Å²) >= 11 is 17.7. The Balaban J connectivity index is 2.08. The van der Waals surface area contributed by atoms with Crippen LogP contribution in [0, 0.1) is 0 Å². The third-order valence-corrected chi connectivity index (χ3v) is 4.02. The number of halogens is 3. The molecule has 0 saturated carbocycles. The second kappa shape index (κ2) is 8.24. The van der Waals surface area contributed by atoms with Crippen LogP contribution >= 0.6 is 34.8 Å². The van der Waals surface area contributed by atoms with E-state index in [0.717, 1.165) is 31.2 Å². The van der Waals surface area contributed by atoms with Crippen molar-refractivity contribution >= 4 is 46.8 Å². The highest BCUT2D eigenvalue weighted by atomic mass is 35.6. The van der Waals surface area contributed by atoms with Gasteiger partial charge in [-0.25, -0.2) is 4.99 Å². The molecule has 0 fully saturated rings. The lowest BCUT2D eigenvalue weighted by molar-refractivity contribution is 0.187. The summed E-state index contributed by atoms with van der Waals surface area (Å²) in [4.78, 5) is 4.45. The second-order valence-corrected chi connectivity index (χ2v) is 7.63. The third kappa shape index (κ3) is 5.19. The first-order valence-electron chi connectivity index (χ1n) is 7.55. The molecule has 1 heterocycles. The maximum absolute atomic E-state index is 5.90. The normalized spacial score (nSPS) is 21.9. The van der Waals surface area contributed by atoms with Gasteiger partial charge < -0.3 is 4.74 Å². The monoisotopic (exact) mass is 359 g/mol. The maximum Gasteiger partial charge on any atom is 0.266 e. The summed E-state index contributed by atoms with van der Waals surface area (Å²) in [5.41, 5.74) is 1.12. The van der Waals surface area contributed by atoms with Gasteiger partial charge in [-0.15, -0.1) is 0 Å². The number of hydrogen-bond acceptors (Lipinski definition) is 2. The summed E-state index contributed by atoms with van der Waals surface area (Å²) in [6, 6.07) is 9.96. The van der Waals surface area contributed by atoms with Gasteiger partial charge in [0.2, 0.25) is 5.90 Å². The number of alkyl halides is 3. The van der Waals surface area contributed by atoms with Crippen LogP contribution in [-0.4, -0.2) is 21.8 Å². The van der Waals surface area contributed by atoms with E-state index in [1.165, 1.54) is 0 Å². The van der Waals surface area contributed by atoms with E-state index in [0.29, 0.717) is 0 Å². The van der Waals surface area contributed by atoms with Crippen molar-refractivity contribution in [3.05, 3.63) is 42.0 Å². The van der Waals surface area contributed by atoms with Crippen LogP contribution in [0.4, 0.5) is 0 Å². The molecule has 0 amide bonds. The van der Waals surface area contributed by atoms with E-state index in [4.69, 9.17) is 39.5 Å². The lowest BCUT2D eigenvalue weighted by Crippen LogP contribution is -2.24. The summed E-state index contributed by atoms with van der Waals surface area (Å²) in [5.74, 6) is 0.196. The lowest BCUT2D eigenvalue weighted by atomic mass is 10.0. The van der Waals surface area contributed by atoms with Gasteiger partial charge in [0.1, 0.15) is 12.1 Å². The molecule has 0 N–H and O–H groups in total. The van der Waals surface area contributed by atoms with Gasteiger partial charge in [-0.05, 0) is 18.4 Å². The molecule has 0 spiro atoms. The van der Waals surface area contributed by atoms with E-state index in [-0.39, 0.29) is 18.0 Å². The Morgan fingerprint density at radius 3 is 2.55 bits per heavy atom. The number of nitrogens with zero attached hydrogens (tertiary/aromatic N) is 1. The van der Waals surface area contributed by atoms with Gasteiger partial charge in [-0.1, -0.05) is 97.1 Å². The molecule has 1 aromatic rings. The molecule has 0 aliphatic carbocycles. The summed E-state index contributed by atoms with van der Waals surface area (Å²) in [7, 11) is 0. The van der Waals surface area contributed by atoms with E-state index in [9.17, 15) is 0 Å². The predicted octanol–water partition coefficient (Wildman–Crippen LogP) is 5.82. The first-order valence-corrected chi connectivity index (χ1v) is 8.69. The Bertz CT molecular complexity index is 522. The molecular formula is C17H20Cl3NO. The van der Waals surface area contributed by atoms with Crippen LogP contribution in [0.1, 0.15) is 38.2 Å². The van der Waals surface area contributed by atoms with E-state index in [2.05, 4.69) is 11.9 Å². The number of benzene rings is 1. The van der Waals surface area contributed by atoms with Gasteiger partial charge in [0.05, 0.1) is 0 Å². The van der Waals surface area contributed by atoms with E-state index >= 15 is 0 Å². The number of aliphatic imine (C=N–C) groups is 1. The Kier molecular flexibility index (Phi) is 6.61. The molecule has 0 radical (unpaired) electrons. The molecule has 2 atom stereocenters. The predicted molar refractivity (Wildman–Crippen MR) is 96.0 cm³/mol. The van der Waals surface area contributed by atoms with Crippen molar-refractivity contribution in [1.29, 1.82) is 0 Å². The quantitative estimate of drug-likeness (QED) is 0.463. The fourth-order valence-corrected chi connectivity index (χ4v) is 2.65. The number of rotatable bonds is 6. The lowest BCUT2D eigenvalue weighted by Gasteiger charge is -2.17. The fraction of sp³-hybridized carbons (Fsp3) is 0.471. The molecule has 0 unspecified atom stereocenters. The minimum absolute atomic E-state index is 0.0582. The zero-order valence-electron chi connectivity index (χ0n) is 12.5. The maximum atomic E-state index is 5.90. The first-order chi connectivity index (χ1) is 10.5. The SMILES string of the molecule is CCCCC[C@@H]1OC(C(Cl)(Cl)Cl)=N[C@H]1/C=C/c1ccccc1. The molecular weight excluding hydrogens is 341 g/mol. The second-order valence-electron chi connectivity index (χ2n) is 5.34. The standard InChI is InChI=1S/C17H20Cl3NO/c1-2-3-5-10-15-14(21-16(22-15)17(18,19)20)12-11-13-8-6-4-7-9-13/h4,6-9,11-12,14-15H,2-3,5,10H2,1H3/b12-11+/t14-,15-/m0/s1. The van der Waals surface area contributed by atoms with Gasteiger partial charge in [0.25, 0.3) is 3.79 Å². The molecule has 0 aromatic heterocycles. The molecule has 1 aliphatic rings. The molecule has 2 rings (SSSR count). The van der Waals surface area contributed by atoms with E-state index in [1.807, 2.05) is 42.5 Å². The van der Waals surface area contributed by atoms with Crippen LogP contribution in [0.3, 0.4) is 0 Å². The zero-order chi connectivity index (χ0) is 16.0. The van der Waals surface area contributed by atoms with Gasteiger partial charge in [-0.3, -0.25) is 0 Å². The minimum atomic E-state index is -1.60. The number of unbranched alkanes of at least 4 members (excludes halogenated alkanes) is 2. The van der Waals surface area contributed by atoms with Crippen molar-refractivity contribution < 1.29 is 4.74 Å². The average Bonchev–Trinajstić information content (AvgIpc) is 2.90. The summed E-state index contributed by atoms with van der Waals surface area (Å²) < 4.78 is 4.18. The van der Waals surface area contributed by atoms with Gasteiger partial charge in [-0.2, -0.15) is 0 Å². The van der Waals surface area contributed by atoms with Crippen LogP contribution in [0.2, 0.25) is 0 Å². The van der Waals surface area contributed by atoms with E-state index < -0.39 is 3.79 Å². The van der Waals surface area contributed by atoms with Gasteiger partial charge >= 0.3 is 0 Å². The fourth-order valence-electron chi connectivity index (χ4n) is 2.37. The summed E-state index contributed by atoms with van der Waals surface area (Å²) in [6.45, 7) is 2.17. The minimum Gasteiger partial charge on any atom is -0.472 e. The van der Waals surface area contributed by atoms with Crippen molar-refractivity contribution in [3.8, 4) is 0 Å². The Labute approximate surface area is 147 Å². The van der Waals surface area contributed by atoms with Crippen molar-refractivity contribution in [2.45, 2.75) is 48.5 Å². The Morgan fingerprint density at radius 1 is 1.18 bits per heavy atom. The molecule has 5 heteroatoms.